The van der Waals surface area contributed by atoms with E-state index in [9.17, 15) is 9.50 Å². The first kappa shape index (κ1) is 13.8. The van der Waals surface area contributed by atoms with Crippen LogP contribution in [-0.4, -0.2) is 5.11 Å². The van der Waals surface area contributed by atoms with E-state index in [4.69, 9.17) is 23.2 Å². The van der Waals surface area contributed by atoms with Gasteiger partial charge in [-0.3, -0.25) is 0 Å². The molecule has 2 aromatic carbocycles. The van der Waals surface area contributed by atoms with Crippen molar-refractivity contribution in [2.45, 2.75) is 6.10 Å². The Morgan fingerprint density at radius 2 is 1.61 bits per heavy atom. The summed E-state index contributed by atoms with van der Waals surface area (Å²) >= 11 is 14.8. The van der Waals surface area contributed by atoms with E-state index >= 15 is 0 Å². The van der Waals surface area contributed by atoms with Crippen molar-refractivity contribution in [2.75, 3.05) is 0 Å². The van der Waals surface area contributed by atoms with Gasteiger partial charge in [0, 0.05) is 25.6 Å². The Balaban J connectivity index is 2.47. The molecule has 94 valence electrons. The SMILES string of the molecule is OC(c1ccc(Cl)cc1F)c1cc(Cl)ccc1Br. The molecular weight excluding hydrogens is 342 g/mol. The first-order valence-electron chi connectivity index (χ1n) is 5.07. The van der Waals surface area contributed by atoms with Crippen molar-refractivity contribution in [1.29, 1.82) is 0 Å². The second kappa shape index (κ2) is 5.57. The maximum atomic E-state index is 13.7. The van der Waals surface area contributed by atoms with Gasteiger partial charge in [-0.15, -0.1) is 0 Å². The third-order valence-corrected chi connectivity index (χ3v) is 3.70. The molecule has 0 aliphatic carbocycles. The summed E-state index contributed by atoms with van der Waals surface area (Å²) in [5, 5.41) is 11.0. The maximum Gasteiger partial charge on any atom is 0.130 e. The van der Waals surface area contributed by atoms with Gasteiger partial charge >= 0.3 is 0 Å². The van der Waals surface area contributed by atoms with E-state index in [1.807, 2.05) is 0 Å². The fourth-order valence-corrected chi connectivity index (χ4v) is 2.42. The van der Waals surface area contributed by atoms with Gasteiger partial charge in [0.1, 0.15) is 11.9 Å². The van der Waals surface area contributed by atoms with Gasteiger partial charge in [0.15, 0.2) is 0 Å². The smallest absolute Gasteiger partial charge is 0.130 e. The van der Waals surface area contributed by atoms with E-state index in [1.54, 1.807) is 18.2 Å². The van der Waals surface area contributed by atoms with E-state index in [0.29, 0.717) is 15.1 Å². The molecule has 0 bridgehead atoms. The molecule has 1 nitrogen and oxygen atoms in total. The van der Waals surface area contributed by atoms with E-state index in [2.05, 4.69) is 15.9 Å². The lowest BCUT2D eigenvalue weighted by atomic mass is 10.0. The summed E-state index contributed by atoms with van der Waals surface area (Å²) in [5.41, 5.74) is 0.658. The summed E-state index contributed by atoms with van der Waals surface area (Å²) in [6, 6.07) is 9.12. The number of hydrogen-bond acceptors (Lipinski definition) is 1. The molecule has 0 aromatic heterocycles. The molecule has 1 N–H and O–H groups in total. The molecule has 0 spiro atoms. The second-order valence-corrected chi connectivity index (χ2v) is 5.46. The highest BCUT2D eigenvalue weighted by Gasteiger charge is 2.18. The largest absolute Gasteiger partial charge is 0.384 e. The fraction of sp³-hybridized carbons (Fsp3) is 0.0769. The molecular formula is C13H8BrCl2FO. The summed E-state index contributed by atoms with van der Waals surface area (Å²) in [7, 11) is 0. The minimum absolute atomic E-state index is 0.155. The lowest BCUT2D eigenvalue weighted by Crippen LogP contribution is -2.03. The Bertz CT molecular complexity index is 589. The van der Waals surface area contributed by atoms with E-state index < -0.39 is 11.9 Å². The maximum absolute atomic E-state index is 13.7. The Morgan fingerprint density at radius 3 is 2.28 bits per heavy atom. The molecule has 0 heterocycles. The van der Waals surface area contributed by atoms with Crippen LogP contribution in [0, 0.1) is 5.82 Å². The van der Waals surface area contributed by atoms with Crippen molar-refractivity contribution < 1.29 is 9.50 Å². The zero-order chi connectivity index (χ0) is 13.3. The second-order valence-electron chi connectivity index (χ2n) is 3.73. The van der Waals surface area contributed by atoms with Crippen molar-refractivity contribution in [3.8, 4) is 0 Å². The van der Waals surface area contributed by atoms with Crippen LogP contribution >= 0.6 is 39.1 Å². The van der Waals surface area contributed by atoms with Gasteiger partial charge in [-0.2, -0.15) is 0 Å². The van der Waals surface area contributed by atoms with Crippen LogP contribution in [0.1, 0.15) is 17.2 Å². The fourth-order valence-electron chi connectivity index (χ4n) is 1.61. The molecule has 1 unspecified atom stereocenters. The van der Waals surface area contributed by atoms with E-state index in [1.165, 1.54) is 18.2 Å². The Hall–Kier alpha value is -0.610. The summed E-state index contributed by atoms with van der Waals surface area (Å²) in [4.78, 5) is 0. The normalized spacial score (nSPS) is 12.5. The number of rotatable bonds is 2. The monoisotopic (exact) mass is 348 g/mol. The Kier molecular flexibility index (Phi) is 4.28. The number of aliphatic hydroxyl groups is 1. The van der Waals surface area contributed by atoms with Crippen molar-refractivity contribution in [1.82, 2.24) is 0 Å². The molecule has 0 fully saturated rings. The van der Waals surface area contributed by atoms with Gasteiger partial charge in [0.2, 0.25) is 0 Å². The van der Waals surface area contributed by atoms with Crippen LogP contribution in [-0.2, 0) is 0 Å². The predicted octanol–water partition coefficient (Wildman–Crippen LogP) is 4.98. The molecule has 0 saturated heterocycles. The van der Waals surface area contributed by atoms with Crippen LogP contribution in [0.3, 0.4) is 0 Å². The number of hydrogen-bond donors (Lipinski definition) is 1. The Labute approximate surface area is 122 Å². The van der Waals surface area contributed by atoms with Crippen molar-refractivity contribution in [3.05, 3.63) is 67.9 Å². The third kappa shape index (κ3) is 2.86. The van der Waals surface area contributed by atoms with Gasteiger partial charge in [-0.05, 0) is 30.3 Å². The minimum atomic E-state index is -1.10. The highest BCUT2D eigenvalue weighted by Crippen LogP contribution is 2.32. The average molecular weight is 350 g/mol. The third-order valence-electron chi connectivity index (χ3n) is 2.51. The standard InChI is InChI=1S/C13H8BrCl2FO/c14-11-4-2-7(15)5-10(11)13(18)9-3-1-8(16)6-12(9)17/h1-6,13,18H. The van der Waals surface area contributed by atoms with Crippen LogP contribution < -0.4 is 0 Å². The van der Waals surface area contributed by atoms with Crippen LogP contribution in [0.4, 0.5) is 4.39 Å². The lowest BCUT2D eigenvalue weighted by molar-refractivity contribution is 0.214. The highest BCUT2D eigenvalue weighted by atomic mass is 79.9. The van der Waals surface area contributed by atoms with Gasteiger partial charge in [0.25, 0.3) is 0 Å². The van der Waals surface area contributed by atoms with Crippen LogP contribution in [0.25, 0.3) is 0 Å². The lowest BCUT2D eigenvalue weighted by Gasteiger charge is -2.14. The number of benzene rings is 2. The first-order valence-corrected chi connectivity index (χ1v) is 6.62. The molecule has 0 radical (unpaired) electrons. The molecule has 2 rings (SSSR count). The number of halogens is 4. The van der Waals surface area contributed by atoms with Crippen LogP contribution in [0.5, 0.6) is 0 Å². The molecule has 0 saturated carbocycles. The van der Waals surface area contributed by atoms with E-state index in [-0.39, 0.29) is 10.6 Å². The molecule has 18 heavy (non-hydrogen) atoms. The highest BCUT2D eigenvalue weighted by molar-refractivity contribution is 9.10. The summed E-state index contributed by atoms with van der Waals surface area (Å²) in [5.74, 6) is -0.554. The van der Waals surface area contributed by atoms with Crippen LogP contribution in [0.2, 0.25) is 10.0 Å². The molecule has 0 aliphatic heterocycles. The predicted molar refractivity (Wildman–Crippen MR) is 74.6 cm³/mol. The zero-order valence-electron chi connectivity index (χ0n) is 9.00. The summed E-state index contributed by atoms with van der Waals surface area (Å²) in [6.45, 7) is 0. The average Bonchev–Trinajstić information content (AvgIpc) is 2.31. The molecule has 1 atom stereocenters. The molecule has 0 aliphatic rings. The van der Waals surface area contributed by atoms with Crippen molar-refractivity contribution in [2.24, 2.45) is 0 Å². The molecule has 5 heteroatoms. The quantitative estimate of drug-likeness (QED) is 0.810. The van der Waals surface area contributed by atoms with Crippen molar-refractivity contribution in [3.63, 3.8) is 0 Å². The topological polar surface area (TPSA) is 20.2 Å². The number of aliphatic hydroxyl groups excluding tert-OH is 1. The first-order chi connectivity index (χ1) is 8.49. The minimum Gasteiger partial charge on any atom is -0.384 e. The molecule has 2 aromatic rings. The molecule has 0 amide bonds. The summed E-state index contributed by atoms with van der Waals surface area (Å²) < 4.78 is 14.4. The Morgan fingerprint density at radius 1 is 1.00 bits per heavy atom. The van der Waals surface area contributed by atoms with Gasteiger partial charge in [-0.25, -0.2) is 4.39 Å². The van der Waals surface area contributed by atoms with Gasteiger partial charge in [-0.1, -0.05) is 45.2 Å². The van der Waals surface area contributed by atoms with Gasteiger partial charge in [0.05, 0.1) is 0 Å². The summed E-state index contributed by atoms with van der Waals surface area (Å²) in [6.07, 6.45) is -1.10. The van der Waals surface area contributed by atoms with E-state index in [0.717, 1.165) is 0 Å². The van der Waals surface area contributed by atoms with Crippen molar-refractivity contribution >= 4 is 39.1 Å². The van der Waals surface area contributed by atoms with Gasteiger partial charge < -0.3 is 5.11 Å². The van der Waals surface area contributed by atoms with Crippen LogP contribution in [0.15, 0.2) is 40.9 Å². The zero-order valence-corrected chi connectivity index (χ0v) is 12.1.